The zero-order valence-electron chi connectivity index (χ0n) is 24.8. The Labute approximate surface area is 219 Å². The Hall–Kier alpha value is -0.573. The molecule has 4 aliphatic carbocycles. The van der Waals surface area contributed by atoms with Crippen molar-refractivity contribution in [3.63, 3.8) is 0 Å². The first-order chi connectivity index (χ1) is 16.4. The summed E-state index contributed by atoms with van der Waals surface area (Å²) in [5.74, 6) is 6.39. The number of hydrogen-bond acceptors (Lipinski definition) is 2. The first kappa shape index (κ1) is 27.5. The molecule has 0 N–H and O–H groups in total. The second-order valence-corrected chi connectivity index (χ2v) is 19.4. The van der Waals surface area contributed by atoms with Gasteiger partial charge in [-0.3, -0.25) is 0 Å². The van der Waals surface area contributed by atoms with E-state index in [-0.39, 0.29) is 0 Å². The van der Waals surface area contributed by atoms with Crippen LogP contribution in [0.1, 0.15) is 112 Å². The molecule has 0 saturated heterocycles. The molecule has 8 atom stereocenters. The van der Waals surface area contributed by atoms with Crippen LogP contribution < -0.4 is 0 Å². The van der Waals surface area contributed by atoms with Crippen LogP contribution in [0.5, 0.6) is 0 Å². The lowest BCUT2D eigenvalue weighted by Crippen LogP contribution is -2.51. The number of fused-ring (bicyclic) bond motifs is 5. The summed E-state index contributed by atoms with van der Waals surface area (Å²) in [4.78, 5) is 0. The molecule has 3 fully saturated rings. The smallest absolute Gasteiger partial charge is 0.278 e. The summed E-state index contributed by atoms with van der Waals surface area (Å²) < 4.78 is 5.93. The normalized spacial score (nSPS) is 40.1. The Morgan fingerprint density at radius 2 is 1.71 bits per heavy atom. The average molecular weight is 500 g/mol. The summed E-state index contributed by atoms with van der Waals surface area (Å²) in [6, 6.07) is 0. The summed E-state index contributed by atoms with van der Waals surface area (Å²) in [7, 11) is -1.61. The lowest BCUT2D eigenvalue weighted by molar-refractivity contribution is -0.0576. The minimum Gasteiger partial charge on any atom is -0.455 e. The maximum Gasteiger partial charge on any atom is 0.278 e. The van der Waals surface area contributed by atoms with Crippen LogP contribution in [-0.4, -0.2) is 14.0 Å². The SMILES string of the molecule is CCC(CCC(C)C1CCC2C3CCC4=CC(=NO[Si](C)(C)C)CCC4(C)C3CCC12C)C(C)C. The summed E-state index contributed by atoms with van der Waals surface area (Å²) in [5, 5.41) is 4.62. The van der Waals surface area contributed by atoms with Crippen molar-refractivity contribution in [3.8, 4) is 0 Å². The maximum atomic E-state index is 5.93. The molecule has 2 nitrogen and oxygen atoms in total. The van der Waals surface area contributed by atoms with Gasteiger partial charge < -0.3 is 4.53 Å². The topological polar surface area (TPSA) is 21.6 Å². The molecular formula is C32H57NOSi. The van der Waals surface area contributed by atoms with Crippen LogP contribution >= 0.6 is 0 Å². The second kappa shape index (κ2) is 10.3. The van der Waals surface area contributed by atoms with Crippen molar-refractivity contribution in [1.82, 2.24) is 0 Å². The van der Waals surface area contributed by atoms with Gasteiger partial charge in [0, 0.05) is 0 Å². The number of hydrogen-bond donors (Lipinski definition) is 0. The molecule has 3 heteroatoms. The highest BCUT2D eigenvalue weighted by molar-refractivity contribution is 6.69. The monoisotopic (exact) mass is 499 g/mol. The van der Waals surface area contributed by atoms with E-state index in [2.05, 4.69) is 72.4 Å². The summed E-state index contributed by atoms with van der Waals surface area (Å²) >= 11 is 0. The predicted molar refractivity (Wildman–Crippen MR) is 154 cm³/mol. The zero-order valence-corrected chi connectivity index (χ0v) is 25.8. The van der Waals surface area contributed by atoms with Crippen LogP contribution in [0.2, 0.25) is 19.6 Å². The fourth-order valence-corrected chi connectivity index (χ4v) is 9.89. The van der Waals surface area contributed by atoms with E-state index in [0.717, 1.165) is 47.8 Å². The van der Waals surface area contributed by atoms with E-state index in [4.69, 9.17) is 4.53 Å². The maximum absolute atomic E-state index is 5.93. The molecule has 200 valence electrons. The second-order valence-electron chi connectivity index (χ2n) is 15.0. The Balaban J connectivity index is 1.46. The predicted octanol–water partition coefficient (Wildman–Crippen LogP) is 9.87. The van der Waals surface area contributed by atoms with Crippen molar-refractivity contribution in [2.45, 2.75) is 132 Å². The van der Waals surface area contributed by atoms with E-state index in [1.54, 1.807) is 5.57 Å². The molecule has 0 amide bonds. The van der Waals surface area contributed by atoms with Gasteiger partial charge in [-0.05, 0) is 136 Å². The third kappa shape index (κ3) is 5.37. The molecule has 0 aliphatic heterocycles. The lowest BCUT2D eigenvalue weighted by atomic mass is 9.46. The highest BCUT2D eigenvalue weighted by Crippen LogP contribution is 2.67. The van der Waals surface area contributed by atoms with Gasteiger partial charge in [0.1, 0.15) is 0 Å². The van der Waals surface area contributed by atoms with Crippen LogP contribution in [0.3, 0.4) is 0 Å². The fraction of sp³-hybridized carbons (Fsp3) is 0.906. The number of allylic oxidation sites excluding steroid dienone is 2. The van der Waals surface area contributed by atoms with Gasteiger partial charge in [-0.15, -0.1) is 5.16 Å². The molecule has 0 heterocycles. The first-order valence-corrected chi connectivity index (χ1v) is 18.8. The van der Waals surface area contributed by atoms with Crippen molar-refractivity contribution in [1.29, 1.82) is 0 Å². The fourth-order valence-electron chi connectivity index (χ4n) is 9.50. The van der Waals surface area contributed by atoms with E-state index in [1.807, 2.05) is 0 Å². The highest BCUT2D eigenvalue weighted by atomic mass is 28.4. The van der Waals surface area contributed by atoms with Gasteiger partial charge in [-0.1, -0.05) is 60.0 Å². The van der Waals surface area contributed by atoms with Crippen molar-refractivity contribution in [2.75, 3.05) is 0 Å². The van der Waals surface area contributed by atoms with Crippen LogP contribution in [0.25, 0.3) is 0 Å². The molecule has 0 aromatic rings. The van der Waals surface area contributed by atoms with E-state index in [0.29, 0.717) is 10.8 Å². The molecule has 0 spiro atoms. The van der Waals surface area contributed by atoms with Crippen LogP contribution in [0, 0.1) is 52.3 Å². The Morgan fingerprint density at radius 1 is 0.971 bits per heavy atom. The van der Waals surface area contributed by atoms with E-state index < -0.39 is 8.32 Å². The van der Waals surface area contributed by atoms with Crippen molar-refractivity contribution in [2.24, 2.45) is 57.4 Å². The number of nitrogens with zero attached hydrogens (tertiary/aromatic N) is 1. The summed E-state index contributed by atoms with van der Waals surface area (Å²) in [6.45, 7) is 21.9. The Morgan fingerprint density at radius 3 is 2.37 bits per heavy atom. The van der Waals surface area contributed by atoms with Crippen LogP contribution in [-0.2, 0) is 4.53 Å². The van der Waals surface area contributed by atoms with Gasteiger partial charge in [0.05, 0.1) is 5.71 Å². The van der Waals surface area contributed by atoms with Crippen molar-refractivity contribution in [3.05, 3.63) is 11.6 Å². The largest absolute Gasteiger partial charge is 0.455 e. The van der Waals surface area contributed by atoms with Crippen molar-refractivity contribution < 1.29 is 4.53 Å². The minimum absolute atomic E-state index is 0.401. The third-order valence-corrected chi connectivity index (χ3v) is 12.3. The van der Waals surface area contributed by atoms with Gasteiger partial charge in [0.25, 0.3) is 8.32 Å². The molecule has 35 heavy (non-hydrogen) atoms. The van der Waals surface area contributed by atoms with Gasteiger partial charge in [-0.25, -0.2) is 0 Å². The van der Waals surface area contributed by atoms with E-state index >= 15 is 0 Å². The third-order valence-electron chi connectivity index (χ3n) is 11.6. The summed E-state index contributed by atoms with van der Waals surface area (Å²) in [5.41, 5.74) is 3.90. The van der Waals surface area contributed by atoms with E-state index in [1.165, 1.54) is 69.9 Å². The Kier molecular flexibility index (Phi) is 8.08. The molecule has 4 rings (SSSR count). The van der Waals surface area contributed by atoms with E-state index in [9.17, 15) is 0 Å². The minimum atomic E-state index is -1.61. The molecule has 4 aliphatic rings. The average Bonchev–Trinajstić information content (AvgIpc) is 3.14. The van der Waals surface area contributed by atoms with Crippen molar-refractivity contribution >= 4 is 14.0 Å². The molecule has 0 aromatic heterocycles. The van der Waals surface area contributed by atoms with Gasteiger partial charge in [0.2, 0.25) is 0 Å². The number of oxime groups is 1. The van der Waals surface area contributed by atoms with Gasteiger partial charge in [0.15, 0.2) is 0 Å². The van der Waals surface area contributed by atoms with Crippen LogP contribution in [0.4, 0.5) is 0 Å². The molecule has 0 radical (unpaired) electrons. The first-order valence-electron chi connectivity index (χ1n) is 15.3. The molecule has 0 aromatic carbocycles. The molecule has 3 saturated carbocycles. The quantitative estimate of drug-likeness (QED) is 0.240. The molecule has 0 bridgehead atoms. The summed E-state index contributed by atoms with van der Waals surface area (Å²) in [6.07, 6.45) is 17.7. The standard InChI is InChI=1S/C32H57NOSi/c1-10-24(22(2)3)12-11-23(4)28-15-16-29-27-14-13-25-21-26(33-34-35(7,8)9)17-19-31(25,5)30(27)18-20-32(28,29)6/h21-24,27-30H,10-20H2,1-9H3. The zero-order chi connectivity index (χ0) is 25.6. The number of rotatable bonds is 8. The lowest BCUT2D eigenvalue weighted by Gasteiger charge is -2.58. The Bertz CT molecular complexity index is 809. The molecule has 8 unspecified atom stereocenters. The van der Waals surface area contributed by atoms with Gasteiger partial charge >= 0.3 is 0 Å². The molecular weight excluding hydrogens is 442 g/mol. The van der Waals surface area contributed by atoms with Crippen LogP contribution in [0.15, 0.2) is 16.8 Å². The highest BCUT2D eigenvalue weighted by Gasteiger charge is 2.59. The van der Waals surface area contributed by atoms with Gasteiger partial charge in [-0.2, -0.15) is 0 Å².